The van der Waals surface area contributed by atoms with Crippen LogP contribution in [-0.4, -0.2) is 17.6 Å². The Hall–Kier alpha value is -1.49. The number of benzene rings is 1. The molecular weight excluding hydrogens is 228 g/mol. The molecule has 0 amide bonds. The zero-order valence-electron chi connectivity index (χ0n) is 9.34. The average molecular weight is 241 g/mol. The first kappa shape index (κ1) is 12.0. The minimum absolute atomic E-state index is 0.0125. The lowest BCUT2D eigenvalue weighted by atomic mass is 9.99. The lowest BCUT2D eigenvalue weighted by Crippen LogP contribution is -2.17. The summed E-state index contributed by atoms with van der Waals surface area (Å²) in [7, 11) is 0. The van der Waals surface area contributed by atoms with Gasteiger partial charge in [0.2, 0.25) is 0 Å². The van der Waals surface area contributed by atoms with Crippen LogP contribution in [0.15, 0.2) is 12.1 Å². The predicted molar refractivity (Wildman–Crippen MR) is 57.6 cm³/mol. The van der Waals surface area contributed by atoms with Gasteiger partial charge in [0, 0.05) is 18.2 Å². The molecule has 0 aliphatic carbocycles. The molecule has 1 aromatic carbocycles. The molecule has 2 unspecified atom stereocenters. The Bertz CT molecular complexity index is 439. The molecule has 92 valence electrons. The van der Waals surface area contributed by atoms with E-state index in [9.17, 15) is 13.6 Å². The van der Waals surface area contributed by atoms with Crippen LogP contribution in [0.3, 0.4) is 0 Å². The number of rotatable bonds is 2. The van der Waals surface area contributed by atoms with E-state index < -0.39 is 23.5 Å². The van der Waals surface area contributed by atoms with Crippen LogP contribution in [0.2, 0.25) is 0 Å². The van der Waals surface area contributed by atoms with Crippen molar-refractivity contribution in [2.45, 2.75) is 19.4 Å². The Balaban J connectivity index is 2.22. The topological polar surface area (TPSA) is 49.3 Å². The van der Waals surface area contributed by atoms with Crippen LogP contribution >= 0.6 is 0 Å². The third-order valence-corrected chi connectivity index (χ3v) is 3.19. The molecule has 1 heterocycles. The second kappa shape index (κ2) is 4.41. The number of nitrogens with one attached hydrogen (secondary N) is 1. The van der Waals surface area contributed by atoms with Crippen LogP contribution in [0.5, 0.6) is 0 Å². The maximum atomic E-state index is 13.4. The van der Waals surface area contributed by atoms with Crippen molar-refractivity contribution in [1.82, 2.24) is 5.32 Å². The highest BCUT2D eigenvalue weighted by Crippen LogP contribution is 2.29. The summed E-state index contributed by atoms with van der Waals surface area (Å²) in [6, 6.07) is 2.24. The molecule has 3 nitrogen and oxygen atoms in total. The zero-order valence-corrected chi connectivity index (χ0v) is 9.34. The van der Waals surface area contributed by atoms with Gasteiger partial charge < -0.3 is 10.4 Å². The Labute approximate surface area is 97.5 Å². The Morgan fingerprint density at radius 2 is 2.00 bits per heavy atom. The number of hydrogen-bond donors (Lipinski definition) is 2. The zero-order chi connectivity index (χ0) is 12.6. The first-order valence-corrected chi connectivity index (χ1v) is 5.40. The molecule has 1 aliphatic rings. The molecule has 1 saturated heterocycles. The maximum Gasteiger partial charge on any atom is 0.307 e. The van der Waals surface area contributed by atoms with Crippen molar-refractivity contribution in [2.24, 2.45) is 5.92 Å². The number of halogens is 2. The largest absolute Gasteiger partial charge is 0.481 e. The van der Waals surface area contributed by atoms with E-state index in [-0.39, 0.29) is 11.6 Å². The summed E-state index contributed by atoms with van der Waals surface area (Å²) in [6.45, 7) is 1.70. The molecular formula is C12H13F2NO2. The minimum atomic E-state index is -0.881. The second-order valence-electron chi connectivity index (χ2n) is 4.34. The number of carboxylic acids is 1. The highest BCUT2D eigenvalue weighted by molar-refractivity contribution is 5.70. The lowest BCUT2D eigenvalue weighted by molar-refractivity contribution is -0.141. The van der Waals surface area contributed by atoms with Gasteiger partial charge in [-0.1, -0.05) is 0 Å². The summed E-state index contributed by atoms with van der Waals surface area (Å²) in [4.78, 5) is 10.8. The summed E-state index contributed by atoms with van der Waals surface area (Å²) < 4.78 is 26.7. The summed E-state index contributed by atoms with van der Waals surface area (Å²) in [5.74, 6) is -2.57. The molecule has 17 heavy (non-hydrogen) atoms. The fraction of sp³-hybridized carbons (Fsp3) is 0.417. The molecule has 1 aliphatic heterocycles. The van der Waals surface area contributed by atoms with Crippen molar-refractivity contribution in [3.05, 3.63) is 34.9 Å². The highest BCUT2D eigenvalue weighted by atomic mass is 19.1. The molecule has 1 aromatic rings. The van der Waals surface area contributed by atoms with Crippen LogP contribution in [0.4, 0.5) is 8.78 Å². The Morgan fingerprint density at radius 3 is 2.47 bits per heavy atom. The van der Waals surface area contributed by atoms with Crippen molar-refractivity contribution < 1.29 is 18.7 Å². The van der Waals surface area contributed by atoms with E-state index in [0.717, 1.165) is 0 Å². The van der Waals surface area contributed by atoms with Crippen LogP contribution in [0.25, 0.3) is 0 Å². The van der Waals surface area contributed by atoms with Crippen molar-refractivity contribution in [2.75, 3.05) is 6.54 Å². The number of aliphatic carboxylic acids is 1. The van der Waals surface area contributed by atoms with E-state index in [2.05, 4.69) is 5.32 Å². The minimum Gasteiger partial charge on any atom is -0.481 e. The SMILES string of the molecule is Cc1c(F)cc(C2CC(C(=O)O)CN2)cc1F. The van der Waals surface area contributed by atoms with Crippen molar-refractivity contribution in [3.63, 3.8) is 0 Å². The molecule has 0 aromatic heterocycles. The normalized spacial score (nSPS) is 23.9. The fourth-order valence-corrected chi connectivity index (χ4v) is 2.04. The molecule has 0 bridgehead atoms. The van der Waals surface area contributed by atoms with E-state index in [0.29, 0.717) is 18.5 Å². The quantitative estimate of drug-likeness (QED) is 0.832. The van der Waals surface area contributed by atoms with Gasteiger partial charge in [-0.05, 0) is 31.0 Å². The average Bonchev–Trinajstić information content (AvgIpc) is 2.74. The van der Waals surface area contributed by atoms with Gasteiger partial charge in [0.25, 0.3) is 0 Å². The van der Waals surface area contributed by atoms with Crippen LogP contribution in [0, 0.1) is 24.5 Å². The van der Waals surface area contributed by atoms with Gasteiger partial charge >= 0.3 is 5.97 Å². The third-order valence-electron chi connectivity index (χ3n) is 3.19. The molecule has 2 rings (SSSR count). The highest BCUT2D eigenvalue weighted by Gasteiger charge is 2.30. The van der Waals surface area contributed by atoms with Gasteiger partial charge in [-0.15, -0.1) is 0 Å². The molecule has 0 saturated carbocycles. The van der Waals surface area contributed by atoms with Crippen LogP contribution < -0.4 is 5.32 Å². The van der Waals surface area contributed by atoms with E-state index in [1.165, 1.54) is 19.1 Å². The van der Waals surface area contributed by atoms with E-state index >= 15 is 0 Å². The van der Waals surface area contributed by atoms with Crippen molar-refractivity contribution >= 4 is 5.97 Å². The van der Waals surface area contributed by atoms with E-state index in [4.69, 9.17) is 5.11 Å². The maximum absolute atomic E-state index is 13.4. The summed E-state index contributed by atoms with van der Waals surface area (Å²) >= 11 is 0. The number of hydrogen-bond acceptors (Lipinski definition) is 2. The van der Waals surface area contributed by atoms with Gasteiger partial charge in [0.1, 0.15) is 11.6 Å². The van der Waals surface area contributed by atoms with Crippen LogP contribution in [0.1, 0.15) is 23.6 Å². The van der Waals surface area contributed by atoms with Crippen molar-refractivity contribution in [3.8, 4) is 0 Å². The summed E-state index contributed by atoms with van der Waals surface area (Å²) in [6.07, 6.45) is 0.358. The first-order valence-electron chi connectivity index (χ1n) is 5.40. The van der Waals surface area contributed by atoms with Crippen molar-refractivity contribution in [1.29, 1.82) is 0 Å². The van der Waals surface area contributed by atoms with Gasteiger partial charge in [-0.25, -0.2) is 8.78 Å². The molecule has 0 spiro atoms. The molecule has 1 fully saturated rings. The number of carbonyl (C=O) groups is 1. The molecule has 2 atom stereocenters. The smallest absolute Gasteiger partial charge is 0.307 e. The summed E-state index contributed by atoms with van der Waals surface area (Å²) in [5.41, 5.74) is 0.455. The van der Waals surface area contributed by atoms with E-state index in [1.54, 1.807) is 0 Å². The van der Waals surface area contributed by atoms with Gasteiger partial charge in [0.15, 0.2) is 0 Å². The van der Waals surface area contributed by atoms with Gasteiger partial charge in [-0.3, -0.25) is 4.79 Å². The fourth-order valence-electron chi connectivity index (χ4n) is 2.04. The summed E-state index contributed by atoms with van der Waals surface area (Å²) in [5, 5.41) is 11.8. The molecule has 5 heteroatoms. The Morgan fingerprint density at radius 1 is 1.41 bits per heavy atom. The lowest BCUT2D eigenvalue weighted by Gasteiger charge is -2.12. The molecule has 0 radical (unpaired) electrons. The predicted octanol–water partition coefficient (Wildman–Crippen LogP) is 2.01. The van der Waals surface area contributed by atoms with E-state index in [1.807, 2.05) is 0 Å². The number of carboxylic acid groups (broad SMARTS) is 1. The van der Waals surface area contributed by atoms with Crippen LogP contribution in [-0.2, 0) is 4.79 Å². The second-order valence-corrected chi connectivity index (χ2v) is 4.34. The monoisotopic (exact) mass is 241 g/mol. The van der Waals surface area contributed by atoms with Gasteiger partial charge in [0.05, 0.1) is 5.92 Å². The first-order chi connectivity index (χ1) is 7.99. The molecule has 2 N–H and O–H groups in total. The Kier molecular flexibility index (Phi) is 3.11. The standard InChI is InChI=1S/C12H13F2NO2/c1-6-9(13)2-7(3-10(6)14)11-4-8(5-15-11)12(16)17/h2-3,8,11,15H,4-5H2,1H3,(H,16,17). The third kappa shape index (κ3) is 2.29. The van der Waals surface area contributed by atoms with Gasteiger partial charge in [-0.2, -0.15) is 0 Å².